The highest BCUT2D eigenvalue weighted by atomic mass is 16.6. The average Bonchev–Trinajstić information content (AvgIpc) is 2.08. The van der Waals surface area contributed by atoms with Crippen LogP contribution in [-0.2, 0) is 4.74 Å². The van der Waals surface area contributed by atoms with E-state index >= 15 is 0 Å². The molecule has 3 heteroatoms. The zero-order valence-corrected chi connectivity index (χ0v) is 9.66. The third kappa shape index (κ3) is 5.45. The van der Waals surface area contributed by atoms with Crippen molar-refractivity contribution in [2.75, 3.05) is 0 Å². The summed E-state index contributed by atoms with van der Waals surface area (Å²) in [6.45, 7) is 3.85. The van der Waals surface area contributed by atoms with Crippen molar-refractivity contribution in [2.24, 2.45) is 0 Å². The molecular weight excluding hydrogens is 190 g/mol. The van der Waals surface area contributed by atoms with Crippen molar-refractivity contribution >= 4 is 6.09 Å². The zero-order valence-electron chi connectivity index (χ0n) is 9.66. The highest BCUT2D eigenvalue weighted by Crippen LogP contribution is 2.14. The van der Waals surface area contributed by atoms with E-state index in [-0.39, 0.29) is 18.2 Å². The number of hydrogen-bond donors (Lipinski definition) is 1. The lowest BCUT2D eigenvalue weighted by atomic mass is 10.0. The van der Waals surface area contributed by atoms with Gasteiger partial charge in [0.2, 0.25) is 0 Å². The normalized spacial score (nSPS) is 24.1. The number of alkyl carbamates (subject to hydrolysis) is 1. The molecule has 1 amide bonds. The van der Waals surface area contributed by atoms with Crippen molar-refractivity contribution in [1.29, 1.82) is 0 Å². The molecule has 0 aromatic rings. The molecule has 1 rings (SSSR count). The Morgan fingerprint density at radius 2 is 2.20 bits per heavy atom. The molecule has 0 spiro atoms. The van der Waals surface area contributed by atoms with E-state index in [2.05, 4.69) is 11.4 Å². The van der Waals surface area contributed by atoms with E-state index in [1.807, 2.05) is 19.9 Å². The standard InChI is InChI=1S/C12H21NO2/c1-10(2)13-12(14)15-11-8-6-4-3-5-7-9-11/h6,8,10-11H,3-5,7,9H2,1-2H3,(H,13,14)/b8-6+/t11-/m1/s1. The van der Waals surface area contributed by atoms with Crippen LogP contribution in [0.4, 0.5) is 4.79 Å². The molecule has 1 N–H and O–H groups in total. The van der Waals surface area contributed by atoms with Crippen LogP contribution in [0.3, 0.4) is 0 Å². The molecule has 1 atom stereocenters. The van der Waals surface area contributed by atoms with Crippen LogP contribution in [0, 0.1) is 0 Å². The van der Waals surface area contributed by atoms with Gasteiger partial charge >= 0.3 is 6.09 Å². The van der Waals surface area contributed by atoms with Gasteiger partial charge in [-0.1, -0.05) is 12.5 Å². The Bertz CT molecular complexity index is 224. The summed E-state index contributed by atoms with van der Waals surface area (Å²) in [6.07, 6.45) is 9.46. The van der Waals surface area contributed by atoms with Crippen LogP contribution in [0.2, 0.25) is 0 Å². The largest absolute Gasteiger partial charge is 0.442 e. The van der Waals surface area contributed by atoms with E-state index in [0.717, 1.165) is 19.3 Å². The summed E-state index contributed by atoms with van der Waals surface area (Å²) in [6, 6.07) is 0.134. The molecule has 0 heterocycles. The Balaban J connectivity index is 2.34. The van der Waals surface area contributed by atoms with Gasteiger partial charge < -0.3 is 10.1 Å². The highest BCUT2D eigenvalue weighted by Gasteiger charge is 2.12. The van der Waals surface area contributed by atoms with Crippen LogP contribution in [0.5, 0.6) is 0 Å². The second kappa shape index (κ2) is 6.49. The Hall–Kier alpha value is -0.990. The summed E-state index contributed by atoms with van der Waals surface area (Å²) in [4.78, 5) is 11.4. The number of nitrogens with one attached hydrogen (secondary N) is 1. The Morgan fingerprint density at radius 3 is 2.93 bits per heavy atom. The van der Waals surface area contributed by atoms with Gasteiger partial charge in [0.25, 0.3) is 0 Å². The van der Waals surface area contributed by atoms with Crippen LogP contribution in [0.25, 0.3) is 0 Å². The number of carbonyl (C=O) groups excluding carboxylic acids is 1. The van der Waals surface area contributed by atoms with E-state index in [1.165, 1.54) is 12.8 Å². The second-order valence-electron chi connectivity index (χ2n) is 4.31. The number of rotatable bonds is 2. The van der Waals surface area contributed by atoms with Crippen molar-refractivity contribution in [1.82, 2.24) is 5.32 Å². The van der Waals surface area contributed by atoms with Gasteiger partial charge in [-0.15, -0.1) is 0 Å². The van der Waals surface area contributed by atoms with Crippen molar-refractivity contribution < 1.29 is 9.53 Å². The lowest BCUT2D eigenvalue weighted by Crippen LogP contribution is -2.33. The molecular formula is C12H21NO2. The fourth-order valence-corrected chi connectivity index (χ4v) is 1.63. The summed E-state index contributed by atoms with van der Waals surface area (Å²) in [5.41, 5.74) is 0. The van der Waals surface area contributed by atoms with Gasteiger partial charge in [-0.05, 0) is 45.6 Å². The first kappa shape index (κ1) is 12.1. The molecule has 0 aromatic carbocycles. The van der Waals surface area contributed by atoms with Gasteiger partial charge in [-0.3, -0.25) is 0 Å². The number of hydrogen-bond acceptors (Lipinski definition) is 2. The Labute approximate surface area is 91.9 Å². The molecule has 0 aliphatic heterocycles. The van der Waals surface area contributed by atoms with Gasteiger partial charge in [-0.2, -0.15) is 0 Å². The molecule has 0 fully saturated rings. The lowest BCUT2D eigenvalue weighted by molar-refractivity contribution is 0.111. The maximum Gasteiger partial charge on any atom is 0.407 e. The third-order valence-electron chi connectivity index (χ3n) is 2.38. The van der Waals surface area contributed by atoms with Crippen molar-refractivity contribution in [3.63, 3.8) is 0 Å². The van der Waals surface area contributed by atoms with Crippen LogP contribution in [0.1, 0.15) is 46.0 Å². The van der Waals surface area contributed by atoms with Crippen LogP contribution in [-0.4, -0.2) is 18.2 Å². The lowest BCUT2D eigenvalue weighted by Gasteiger charge is -2.17. The summed E-state index contributed by atoms with van der Waals surface area (Å²) in [5.74, 6) is 0. The molecule has 1 aliphatic rings. The molecule has 15 heavy (non-hydrogen) atoms. The Morgan fingerprint density at radius 1 is 1.40 bits per heavy atom. The van der Waals surface area contributed by atoms with Gasteiger partial charge in [0.15, 0.2) is 0 Å². The first-order valence-corrected chi connectivity index (χ1v) is 5.82. The smallest absolute Gasteiger partial charge is 0.407 e. The number of ether oxygens (including phenoxy) is 1. The van der Waals surface area contributed by atoms with Crippen LogP contribution >= 0.6 is 0 Å². The first-order valence-electron chi connectivity index (χ1n) is 5.82. The molecule has 0 bridgehead atoms. The monoisotopic (exact) mass is 211 g/mol. The van der Waals surface area contributed by atoms with E-state index in [9.17, 15) is 4.79 Å². The molecule has 0 saturated heterocycles. The Kier molecular flexibility index (Phi) is 5.22. The zero-order chi connectivity index (χ0) is 11.1. The van der Waals surface area contributed by atoms with Gasteiger partial charge in [0.1, 0.15) is 6.10 Å². The summed E-state index contributed by atoms with van der Waals surface area (Å²) < 4.78 is 5.30. The predicted octanol–water partition coefficient (Wildman–Crippen LogP) is 3.01. The molecule has 0 radical (unpaired) electrons. The minimum atomic E-state index is -0.305. The molecule has 1 aliphatic carbocycles. The minimum Gasteiger partial charge on any atom is -0.442 e. The van der Waals surface area contributed by atoms with Crippen molar-refractivity contribution in [3.8, 4) is 0 Å². The van der Waals surface area contributed by atoms with Crippen LogP contribution in [0.15, 0.2) is 12.2 Å². The number of carbonyl (C=O) groups is 1. The quantitative estimate of drug-likeness (QED) is 0.713. The van der Waals surface area contributed by atoms with E-state index in [1.54, 1.807) is 0 Å². The average molecular weight is 211 g/mol. The maximum absolute atomic E-state index is 11.4. The summed E-state index contributed by atoms with van der Waals surface area (Å²) >= 11 is 0. The van der Waals surface area contributed by atoms with Crippen LogP contribution < -0.4 is 5.32 Å². The molecule has 0 unspecified atom stereocenters. The van der Waals surface area contributed by atoms with Crippen molar-refractivity contribution in [2.45, 2.75) is 58.1 Å². The SMILES string of the molecule is CC(C)NC(=O)O[C@@H]1/C=C/CCCCC1. The first-order chi connectivity index (χ1) is 7.18. The molecule has 0 aromatic heterocycles. The van der Waals surface area contributed by atoms with Gasteiger partial charge in [0.05, 0.1) is 0 Å². The fraction of sp³-hybridized carbons (Fsp3) is 0.750. The van der Waals surface area contributed by atoms with E-state index in [4.69, 9.17) is 4.74 Å². The predicted molar refractivity (Wildman–Crippen MR) is 60.8 cm³/mol. The molecule has 3 nitrogen and oxygen atoms in total. The number of allylic oxidation sites excluding steroid dienone is 1. The molecule has 0 saturated carbocycles. The highest BCUT2D eigenvalue weighted by molar-refractivity contribution is 5.67. The second-order valence-corrected chi connectivity index (χ2v) is 4.31. The maximum atomic E-state index is 11.4. The van der Waals surface area contributed by atoms with E-state index < -0.39 is 0 Å². The van der Waals surface area contributed by atoms with Gasteiger partial charge in [-0.25, -0.2) is 4.79 Å². The minimum absolute atomic E-state index is 0.0379. The third-order valence-corrected chi connectivity index (χ3v) is 2.38. The fourth-order valence-electron chi connectivity index (χ4n) is 1.63. The van der Waals surface area contributed by atoms with Crippen molar-refractivity contribution in [3.05, 3.63) is 12.2 Å². The summed E-state index contributed by atoms with van der Waals surface area (Å²) in [5, 5.41) is 2.73. The topological polar surface area (TPSA) is 38.3 Å². The number of amides is 1. The van der Waals surface area contributed by atoms with E-state index in [0.29, 0.717) is 0 Å². The summed E-state index contributed by atoms with van der Waals surface area (Å²) in [7, 11) is 0. The van der Waals surface area contributed by atoms with Gasteiger partial charge in [0, 0.05) is 6.04 Å². The molecule has 86 valence electrons.